The topological polar surface area (TPSA) is 32.3 Å². The molecule has 0 spiro atoms. The molecule has 0 radical (unpaired) electrons. The lowest BCUT2D eigenvalue weighted by molar-refractivity contribution is 0.471. The van der Waals surface area contributed by atoms with Crippen LogP contribution in [0.1, 0.15) is 5.56 Å². The Morgan fingerprint density at radius 2 is 2.25 bits per heavy atom. The molecule has 0 aliphatic rings. The molecule has 0 saturated heterocycles. The molecule has 0 fully saturated rings. The van der Waals surface area contributed by atoms with Gasteiger partial charge in [0.15, 0.2) is 0 Å². The normalized spacial score (nSPS) is 10.2. The van der Waals surface area contributed by atoms with Crippen molar-refractivity contribution < 1.29 is 5.11 Å². The molecule has 1 rings (SSSR count). The molecule has 66 valence electrons. The van der Waals surface area contributed by atoms with Crippen LogP contribution in [0.2, 0.25) is 0 Å². The predicted octanol–water partition coefficient (Wildman–Crippen LogP) is 2.44. The quantitative estimate of drug-likeness (QED) is 0.808. The zero-order valence-corrected chi connectivity index (χ0v) is 8.69. The number of hydrogen-bond donors (Lipinski definition) is 2. The molecule has 0 aliphatic carbocycles. The molecule has 0 saturated carbocycles. The number of nitrogens with one attached hydrogen (secondary N) is 1. The predicted molar refractivity (Wildman–Crippen MR) is 53.4 cm³/mol. The number of hydrogen-bond acceptors (Lipinski definition) is 2. The van der Waals surface area contributed by atoms with Crippen LogP contribution >= 0.6 is 27.7 Å². The molecule has 0 atom stereocenters. The molecule has 12 heavy (non-hydrogen) atoms. The lowest BCUT2D eigenvalue weighted by Crippen LogP contribution is -2.04. The molecule has 0 aliphatic heterocycles. The van der Waals surface area contributed by atoms with Gasteiger partial charge in [0.1, 0.15) is 5.75 Å². The Hall–Kier alpha value is -0.250. The van der Waals surface area contributed by atoms with Crippen molar-refractivity contribution in [2.75, 3.05) is 6.54 Å². The van der Waals surface area contributed by atoms with Crippen LogP contribution in [-0.2, 0) is 6.42 Å². The van der Waals surface area contributed by atoms with Gasteiger partial charge in [0.25, 0.3) is 0 Å². The molecule has 0 heterocycles. The lowest BCUT2D eigenvalue weighted by Gasteiger charge is -2.01. The van der Waals surface area contributed by atoms with E-state index in [9.17, 15) is 5.11 Å². The minimum atomic E-state index is 0.262. The van der Waals surface area contributed by atoms with E-state index in [1.165, 1.54) is 0 Å². The van der Waals surface area contributed by atoms with E-state index in [2.05, 4.69) is 20.8 Å². The zero-order valence-electron chi connectivity index (χ0n) is 6.35. The Morgan fingerprint density at radius 1 is 1.50 bits per heavy atom. The van der Waals surface area contributed by atoms with Crippen molar-refractivity contribution in [3.05, 3.63) is 28.2 Å². The fourth-order valence-corrected chi connectivity index (χ4v) is 1.42. The number of aromatic hydroxyl groups is 1. The molecular formula is C8H9BrClNO. The minimum absolute atomic E-state index is 0.262. The second-order valence-corrected chi connectivity index (χ2v) is 3.54. The third-order valence-electron chi connectivity index (χ3n) is 1.52. The highest BCUT2D eigenvalue weighted by molar-refractivity contribution is 9.10. The van der Waals surface area contributed by atoms with Gasteiger partial charge in [0, 0.05) is 6.54 Å². The summed E-state index contributed by atoms with van der Waals surface area (Å²) >= 11 is 8.55. The SMILES string of the molecule is Oc1ccc(CCNCl)cc1Br. The van der Waals surface area contributed by atoms with Gasteiger partial charge >= 0.3 is 0 Å². The number of halogens is 2. The van der Waals surface area contributed by atoms with Gasteiger partial charge < -0.3 is 5.11 Å². The van der Waals surface area contributed by atoms with Crippen LogP contribution in [0, 0.1) is 0 Å². The van der Waals surface area contributed by atoms with Crippen molar-refractivity contribution >= 4 is 27.7 Å². The van der Waals surface area contributed by atoms with Crippen LogP contribution in [0.15, 0.2) is 22.7 Å². The van der Waals surface area contributed by atoms with Gasteiger partial charge in [-0.3, -0.25) is 0 Å². The van der Waals surface area contributed by atoms with Gasteiger partial charge in [-0.1, -0.05) is 6.07 Å². The highest BCUT2D eigenvalue weighted by Gasteiger charge is 1.98. The summed E-state index contributed by atoms with van der Waals surface area (Å²) in [4.78, 5) is 2.54. The largest absolute Gasteiger partial charge is 0.507 e. The standard InChI is InChI=1S/C8H9BrClNO/c9-7-5-6(3-4-11-10)1-2-8(7)12/h1-2,5,11-12H,3-4H2. The molecule has 1 aromatic rings. The molecule has 2 nitrogen and oxygen atoms in total. The molecule has 0 bridgehead atoms. The van der Waals surface area contributed by atoms with E-state index in [4.69, 9.17) is 11.8 Å². The number of phenols is 1. The summed E-state index contributed by atoms with van der Waals surface area (Å²) in [5.74, 6) is 0.262. The second-order valence-electron chi connectivity index (χ2n) is 2.42. The zero-order chi connectivity index (χ0) is 8.97. The van der Waals surface area contributed by atoms with Gasteiger partial charge in [-0.2, -0.15) is 0 Å². The molecule has 0 amide bonds. The van der Waals surface area contributed by atoms with Crippen LogP contribution in [0.4, 0.5) is 0 Å². The molecule has 2 N–H and O–H groups in total. The van der Waals surface area contributed by atoms with Crippen LogP contribution in [-0.4, -0.2) is 11.7 Å². The number of rotatable bonds is 3. The number of benzene rings is 1. The molecule has 1 aromatic carbocycles. The van der Waals surface area contributed by atoms with Crippen molar-refractivity contribution in [1.82, 2.24) is 4.84 Å². The highest BCUT2D eigenvalue weighted by atomic mass is 79.9. The number of phenolic OH excluding ortho intramolecular Hbond substituents is 1. The van der Waals surface area contributed by atoms with E-state index in [1.807, 2.05) is 12.1 Å². The summed E-state index contributed by atoms with van der Waals surface area (Å²) < 4.78 is 0.717. The van der Waals surface area contributed by atoms with E-state index in [1.54, 1.807) is 6.07 Å². The first-order valence-electron chi connectivity index (χ1n) is 3.55. The Balaban J connectivity index is 2.69. The van der Waals surface area contributed by atoms with Crippen LogP contribution in [0.5, 0.6) is 5.75 Å². The van der Waals surface area contributed by atoms with Crippen molar-refractivity contribution in [3.8, 4) is 5.75 Å². The van der Waals surface area contributed by atoms with Gasteiger partial charge in [-0.15, -0.1) is 0 Å². The van der Waals surface area contributed by atoms with Crippen molar-refractivity contribution in [3.63, 3.8) is 0 Å². The molecular weight excluding hydrogens is 241 g/mol. The van der Waals surface area contributed by atoms with Gasteiger partial charge in [0.2, 0.25) is 0 Å². The van der Waals surface area contributed by atoms with Crippen molar-refractivity contribution in [1.29, 1.82) is 0 Å². The Labute approximate surface area is 84.8 Å². The summed E-state index contributed by atoms with van der Waals surface area (Å²) in [7, 11) is 0. The first kappa shape index (κ1) is 9.84. The van der Waals surface area contributed by atoms with E-state index in [-0.39, 0.29) is 5.75 Å². The molecule has 0 unspecified atom stereocenters. The van der Waals surface area contributed by atoms with Crippen LogP contribution in [0.25, 0.3) is 0 Å². The maximum atomic E-state index is 9.18. The average Bonchev–Trinajstić information content (AvgIpc) is 2.07. The maximum absolute atomic E-state index is 9.18. The van der Waals surface area contributed by atoms with E-state index in [0.717, 1.165) is 23.0 Å². The second kappa shape index (κ2) is 4.70. The third kappa shape index (κ3) is 2.66. The summed E-state index contributed by atoms with van der Waals surface area (Å²) in [6.07, 6.45) is 0.850. The fraction of sp³-hybridized carbons (Fsp3) is 0.250. The summed E-state index contributed by atoms with van der Waals surface area (Å²) in [6, 6.07) is 5.41. The van der Waals surface area contributed by atoms with E-state index in [0.29, 0.717) is 0 Å². The van der Waals surface area contributed by atoms with Crippen LogP contribution in [0.3, 0.4) is 0 Å². The highest BCUT2D eigenvalue weighted by Crippen LogP contribution is 2.24. The third-order valence-corrected chi connectivity index (χ3v) is 2.34. The maximum Gasteiger partial charge on any atom is 0.129 e. The van der Waals surface area contributed by atoms with Crippen molar-refractivity contribution in [2.24, 2.45) is 0 Å². The molecule has 4 heteroatoms. The fourth-order valence-electron chi connectivity index (χ4n) is 0.897. The van der Waals surface area contributed by atoms with Gasteiger partial charge in [-0.05, 0) is 51.8 Å². The molecule has 0 aromatic heterocycles. The monoisotopic (exact) mass is 249 g/mol. The first-order chi connectivity index (χ1) is 5.74. The average molecular weight is 251 g/mol. The summed E-state index contributed by atoms with van der Waals surface area (Å²) in [5, 5.41) is 9.18. The van der Waals surface area contributed by atoms with Gasteiger partial charge in [-0.25, -0.2) is 4.84 Å². The minimum Gasteiger partial charge on any atom is -0.507 e. The summed E-state index contributed by atoms with van der Waals surface area (Å²) in [6.45, 7) is 0.721. The van der Waals surface area contributed by atoms with Gasteiger partial charge in [0.05, 0.1) is 4.47 Å². The lowest BCUT2D eigenvalue weighted by atomic mass is 10.1. The Bertz CT molecular complexity index is 267. The van der Waals surface area contributed by atoms with E-state index >= 15 is 0 Å². The Morgan fingerprint density at radius 3 is 2.83 bits per heavy atom. The smallest absolute Gasteiger partial charge is 0.129 e. The van der Waals surface area contributed by atoms with Crippen molar-refractivity contribution in [2.45, 2.75) is 6.42 Å². The Kier molecular flexibility index (Phi) is 3.85. The van der Waals surface area contributed by atoms with Crippen LogP contribution < -0.4 is 4.84 Å². The first-order valence-corrected chi connectivity index (χ1v) is 4.72. The van der Waals surface area contributed by atoms with E-state index < -0.39 is 0 Å². The summed E-state index contributed by atoms with van der Waals surface area (Å²) in [5.41, 5.74) is 1.13.